The maximum Gasteiger partial charge on any atom is 0.387 e. The Kier molecular flexibility index (Phi) is 5.62. The molecule has 4 aromatic rings. The predicted octanol–water partition coefficient (Wildman–Crippen LogP) is 5.73. The van der Waals surface area contributed by atoms with Crippen LogP contribution in [0.1, 0.15) is 11.3 Å². The molecule has 29 heavy (non-hydrogen) atoms. The highest BCUT2D eigenvalue weighted by Gasteiger charge is 2.19. The van der Waals surface area contributed by atoms with E-state index in [1.807, 2.05) is 47.9 Å². The fourth-order valence-corrected chi connectivity index (χ4v) is 3.88. The van der Waals surface area contributed by atoms with Crippen LogP contribution in [0.4, 0.5) is 8.78 Å². The van der Waals surface area contributed by atoms with E-state index in [4.69, 9.17) is 4.42 Å². The number of furan rings is 1. The first-order valence-electron chi connectivity index (χ1n) is 8.84. The van der Waals surface area contributed by atoms with Crippen LogP contribution >= 0.6 is 11.8 Å². The normalized spacial score (nSPS) is 11.2. The molecule has 5 nitrogen and oxygen atoms in total. The van der Waals surface area contributed by atoms with E-state index in [-0.39, 0.29) is 5.75 Å². The highest BCUT2D eigenvalue weighted by molar-refractivity contribution is 7.98. The van der Waals surface area contributed by atoms with E-state index in [9.17, 15) is 8.78 Å². The van der Waals surface area contributed by atoms with Crippen molar-refractivity contribution in [2.75, 3.05) is 0 Å². The molecule has 0 saturated heterocycles. The van der Waals surface area contributed by atoms with Crippen LogP contribution in [0.15, 0.2) is 76.5 Å². The lowest BCUT2D eigenvalue weighted by molar-refractivity contribution is -0.0503. The van der Waals surface area contributed by atoms with Gasteiger partial charge in [-0.05, 0) is 31.2 Å². The van der Waals surface area contributed by atoms with Gasteiger partial charge in [-0.2, -0.15) is 8.78 Å². The predicted molar refractivity (Wildman–Crippen MR) is 106 cm³/mol. The first-order chi connectivity index (χ1) is 14.1. The Hall–Kier alpha value is -3.13. The van der Waals surface area contributed by atoms with Crippen LogP contribution < -0.4 is 4.74 Å². The van der Waals surface area contributed by atoms with Crippen molar-refractivity contribution in [1.82, 2.24) is 14.8 Å². The number of aromatic nitrogens is 3. The van der Waals surface area contributed by atoms with Crippen molar-refractivity contribution in [3.63, 3.8) is 0 Å². The van der Waals surface area contributed by atoms with Gasteiger partial charge in [0.25, 0.3) is 0 Å². The summed E-state index contributed by atoms with van der Waals surface area (Å²) in [6, 6.07) is 18.3. The van der Waals surface area contributed by atoms with E-state index in [0.717, 1.165) is 17.0 Å². The summed E-state index contributed by atoms with van der Waals surface area (Å²) in [4.78, 5) is 0. The van der Waals surface area contributed by atoms with Gasteiger partial charge in [-0.15, -0.1) is 10.2 Å². The first-order valence-corrected chi connectivity index (χ1v) is 9.83. The summed E-state index contributed by atoms with van der Waals surface area (Å²) in [6.45, 7) is -1.01. The number of para-hydroxylation sites is 2. The topological polar surface area (TPSA) is 53.1 Å². The summed E-state index contributed by atoms with van der Waals surface area (Å²) < 4.78 is 37.3. The molecule has 8 heteroatoms. The summed E-state index contributed by atoms with van der Waals surface area (Å²) in [7, 11) is 0. The van der Waals surface area contributed by atoms with Gasteiger partial charge in [-0.25, -0.2) is 0 Å². The van der Waals surface area contributed by atoms with Gasteiger partial charge in [0, 0.05) is 17.0 Å². The fraction of sp³-hybridized carbons (Fsp3) is 0.143. The van der Waals surface area contributed by atoms with E-state index in [2.05, 4.69) is 14.9 Å². The molecule has 0 amide bonds. The lowest BCUT2D eigenvalue weighted by Gasteiger charge is -2.12. The summed E-state index contributed by atoms with van der Waals surface area (Å²) >= 11 is 1.39. The SMILES string of the molecule is Cc1occc1-c1nnc(SCc2ccccc2OC(F)F)n1-c1ccccc1. The van der Waals surface area contributed by atoms with Gasteiger partial charge in [-0.3, -0.25) is 4.57 Å². The van der Waals surface area contributed by atoms with Crippen molar-refractivity contribution in [3.05, 3.63) is 78.3 Å². The molecule has 0 atom stereocenters. The molecule has 0 aliphatic carbocycles. The van der Waals surface area contributed by atoms with E-state index >= 15 is 0 Å². The Morgan fingerprint density at radius 2 is 1.79 bits per heavy atom. The van der Waals surface area contributed by atoms with Crippen LogP contribution in [0.5, 0.6) is 5.75 Å². The molecule has 2 heterocycles. The third-order valence-electron chi connectivity index (χ3n) is 4.29. The number of nitrogens with zero attached hydrogens (tertiary/aromatic N) is 3. The monoisotopic (exact) mass is 413 g/mol. The summed E-state index contributed by atoms with van der Waals surface area (Å²) in [6.07, 6.45) is 1.61. The summed E-state index contributed by atoms with van der Waals surface area (Å²) in [5, 5.41) is 9.34. The molecule has 0 saturated carbocycles. The molecule has 2 aromatic heterocycles. The molecule has 0 unspecified atom stereocenters. The standard InChI is InChI=1S/C21H17F2N3O2S/c1-14-17(11-12-27-14)19-24-25-21(26(19)16-8-3-2-4-9-16)29-13-15-7-5-6-10-18(15)28-20(22)23/h2-12,20H,13H2,1H3. The Balaban J connectivity index is 1.69. The average molecular weight is 413 g/mol. The Bertz CT molecular complexity index is 1100. The molecule has 0 radical (unpaired) electrons. The molecule has 0 bridgehead atoms. The molecule has 4 rings (SSSR count). The molecule has 0 fully saturated rings. The number of alkyl halides is 2. The zero-order valence-corrected chi connectivity index (χ0v) is 16.3. The number of hydrogen-bond acceptors (Lipinski definition) is 5. The number of ether oxygens (including phenoxy) is 1. The lowest BCUT2D eigenvalue weighted by Crippen LogP contribution is -2.04. The van der Waals surface area contributed by atoms with Crippen LogP contribution in [-0.2, 0) is 5.75 Å². The maximum absolute atomic E-state index is 12.7. The van der Waals surface area contributed by atoms with Gasteiger partial charge in [-0.1, -0.05) is 48.2 Å². The molecule has 0 aliphatic heterocycles. The van der Waals surface area contributed by atoms with Crippen LogP contribution in [0, 0.1) is 6.92 Å². The Morgan fingerprint density at radius 3 is 2.52 bits per heavy atom. The molecule has 0 N–H and O–H groups in total. The number of halogens is 2. The second kappa shape index (κ2) is 8.48. The minimum absolute atomic E-state index is 0.159. The van der Waals surface area contributed by atoms with Crippen molar-refractivity contribution >= 4 is 11.8 Å². The number of benzene rings is 2. The molecular formula is C21H17F2N3O2S. The molecule has 0 aliphatic rings. The third kappa shape index (κ3) is 4.17. The zero-order chi connectivity index (χ0) is 20.2. The quantitative estimate of drug-likeness (QED) is 0.362. The number of thioether (sulfide) groups is 1. The second-order valence-electron chi connectivity index (χ2n) is 6.14. The molecular weight excluding hydrogens is 396 g/mol. The molecule has 0 spiro atoms. The van der Waals surface area contributed by atoms with Gasteiger partial charge < -0.3 is 9.15 Å². The van der Waals surface area contributed by atoms with Crippen molar-refractivity contribution in [2.45, 2.75) is 24.4 Å². The Morgan fingerprint density at radius 1 is 1.03 bits per heavy atom. The average Bonchev–Trinajstić information content (AvgIpc) is 3.33. The number of hydrogen-bond donors (Lipinski definition) is 0. The van der Waals surface area contributed by atoms with Crippen LogP contribution in [0.25, 0.3) is 17.1 Å². The molecule has 2 aromatic carbocycles. The molecule has 148 valence electrons. The van der Waals surface area contributed by atoms with Crippen molar-refractivity contribution < 1.29 is 17.9 Å². The van der Waals surface area contributed by atoms with Gasteiger partial charge in [0.2, 0.25) is 0 Å². The zero-order valence-electron chi connectivity index (χ0n) is 15.5. The lowest BCUT2D eigenvalue weighted by atomic mass is 10.2. The van der Waals surface area contributed by atoms with Gasteiger partial charge in [0.1, 0.15) is 11.5 Å². The second-order valence-corrected chi connectivity index (χ2v) is 7.09. The van der Waals surface area contributed by atoms with E-state index in [1.54, 1.807) is 24.5 Å². The van der Waals surface area contributed by atoms with E-state index in [0.29, 0.717) is 22.3 Å². The maximum atomic E-state index is 12.7. The van der Waals surface area contributed by atoms with Gasteiger partial charge in [0.05, 0.1) is 11.8 Å². The van der Waals surface area contributed by atoms with Crippen LogP contribution in [-0.4, -0.2) is 21.4 Å². The van der Waals surface area contributed by atoms with E-state index in [1.165, 1.54) is 17.8 Å². The number of aryl methyl sites for hydroxylation is 1. The van der Waals surface area contributed by atoms with Gasteiger partial charge in [0.15, 0.2) is 11.0 Å². The summed E-state index contributed by atoms with van der Waals surface area (Å²) in [5.74, 6) is 1.95. The fourth-order valence-electron chi connectivity index (χ4n) is 2.94. The van der Waals surface area contributed by atoms with Gasteiger partial charge >= 0.3 is 6.61 Å². The largest absolute Gasteiger partial charge is 0.469 e. The first kappa shape index (κ1) is 19.2. The summed E-state index contributed by atoms with van der Waals surface area (Å²) in [5.41, 5.74) is 2.39. The van der Waals surface area contributed by atoms with Crippen LogP contribution in [0.2, 0.25) is 0 Å². The highest BCUT2D eigenvalue weighted by atomic mass is 32.2. The van der Waals surface area contributed by atoms with Crippen molar-refractivity contribution in [1.29, 1.82) is 0 Å². The smallest absolute Gasteiger partial charge is 0.387 e. The van der Waals surface area contributed by atoms with Crippen molar-refractivity contribution in [3.8, 4) is 22.8 Å². The van der Waals surface area contributed by atoms with Crippen LogP contribution in [0.3, 0.4) is 0 Å². The van der Waals surface area contributed by atoms with E-state index < -0.39 is 6.61 Å². The minimum atomic E-state index is -2.87. The minimum Gasteiger partial charge on any atom is -0.469 e. The Labute approximate surface area is 170 Å². The third-order valence-corrected chi connectivity index (χ3v) is 5.27. The highest BCUT2D eigenvalue weighted by Crippen LogP contribution is 2.33. The van der Waals surface area contributed by atoms with Crippen molar-refractivity contribution in [2.24, 2.45) is 0 Å². The number of rotatable bonds is 7.